The van der Waals surface area contributed by atoms with E-state index in [0.29, 0.717) is 16.9 Å². The molecule has 0 bridgehead atoms. The van der Waals surface area contributed by atoms with E-state index in [-0.39, 0.29) is 0 Å². The number of benzene rings is 1. The second kappa shape index (κ2) is 6.08. The Bertz CT molecular complexity index is 378. The standard InChI is InChI=1S/C14H19Cl2N/c15-13-8-4-7-12(14(13)16)11-6-3-1-2-5-10(11)9-17/h4,7-8,10-11H,1-3,5-6,9,17H2. The van der Waals surface area contributed by atoms with Crippen LogP contribution in [0.4, 0.5) is 0 Å². The first-order valence-corrected chi connectivity index (χ1v) is 7.13. The molecule has 2 atom stereocenters. The molecule has 1 nitrogen and oxygen atoms in total. The van der Waals surface area contributed by atoms with Gasteiger partial charge in [-0.25, -0.2) is 0 Å². The summed E-state index contributed by atoms with van der Waals surface area (Å²) in [4.78, 5) is 0. The van der Waals surface area contributed by atoms with Gasteiger partial charge in [-0.2, -0.15) is 0 Å². The molecule has 17 heavy (non-hydrogen) atoms. The van der Waals surface area contributed by atoms with Crippen LogP contribution in [-0.2, 0) is 0 Å². The van der Waals surface area contributed by atoms with Gasteiger partial charge in [-0.1, -0.05) is 54.6 Å². The molecule has 2 unspecified atom stereocenters. The van der Waals surface area contributed by atoms with E-state index >= 15 is 0 Å². The molecule has 0 aromatic heterocycles. The molecule has 3 heteroatoms. The molecule has 1 aromatic carbocycles. The zero-order valence-electron chi connectivity index (χ0n) is 9.96. The van der Waals surface area contributed by atoms with E-state index in [9.17, 15) is 0 Å². The maximum Gasteiger partial charge on any atom is 0.0627 e. The summed E-state index contributed by atoms with van der Waals surface area (Å²) < 4.78 is 0. The van der Waals surface area contributed by atoms with Crippen molar-refractivity contribution in [2.45, 2.75) is 38.0 Å². The van der Waals surface area contributed by atoms with Gasteiger partial charge in [0.15, 0.2) is 0 Å². The smallest absolute Gasteiger partial charge is 0.0627 e. The topological polar surface area (TPSA) is 26.0 Å². The minimum atomic E-state index is 0.480. The molecule has 2 N–H and O–H groups in total. The van der Waals surface area contributed by atoms with Gasteiger partial charge in [0, 0.05) is 0 Å². The molecular weight excluding hydrogens is 253 g/mol. The summed E-state index contributed by atoms with van der Waals surface area (Å²) in [6, 6.07) is 5.94. The predicted octanol–water partition coefficient (Wildman–Crippen LogP) is 4.62. The first-order valence-electron chi connectivity index (χ1n) is 6.38. The summed E-state index contributed by atoms with van der Waals surface area (Å²) in [5.41, 5.74) is 7.10. The van der Waals surface area contributed by atoms with Crippen LogP contribution < -0.4 is 5.73 Å². The van der Waals surface area contributed by atoms with Crippen molar-refractivity contribution in [3.05, 3.63) is 33.8 Å². The molecule has 2 rings (SSSR count). The normalized spacial score (nSPS) is 25.6. The highest BCUT2D eigenvalue weighted by molar-refractivity contribution is 6.42. The molecule has 1 saturated carbocycles. The van der Waals surface area contributed by atoms with Crippen molar-refractivity contribution in [2.75, 3.05) is 6.54 Å². The number of hydrogen-bond acceptors (Lipinski definition) is 1. The largest absolute Gasteiger partial charge is 0.330 e. The molecule has 0 spiro atoms. The van der Waals surface area contributed by atoms with Gasteiger partial charge >= 0.3 is 0 Å². The second-order valence-corrected chi connectivity index (χ2v) is 5.67. The molecule has 0 aliphatic heterocycles. The highest BCUT2D eigenvalue weighted by Gasteiger charge is 2.26. The quantitative estimate of drug-likeness (QED) is 0.781. The van der Waals surface area contributed by atoms with Crippen molar-refractivity contribution in [2.24, 2.45) is 11.7 Å². The summed E-state index contributed by atoms with van der Waals surface area (Å²) in [7, 11) is 0. The summed E-state index contributed by atoms with van der Waals surface area (Å²) in [6.45, 7) is 0.744. The van der Waals surface area contributed by atoms with Gasteiger partial charge in [0.25, 0.3) is 0 Å². The van der Waals surface area contributed by atoms with Gasteiger partial charge in [-0.15, -0.1) is 0 Å². The Labute approximate surface area is 113 Å². The first kappa shape index (κ1) is 13.2. The van der Waals surface area contributed by atoms with Crippen LogP contribution in [0, 0.1) is 5.92 Å². The lowest BCUT2D eigenvalue weighted by atomic mass is 9.82. The molecule has 0 amide bonds. The van der Waals surface area contributed by atoms with Gasteiger partial charge in [-0.3, -0.25) is 0 Å². The molecule has 94 valence electrons. The van der Waals surface area contributed by atoms with Crippen molar-refractivity contribution in [3.8, 4) is 0 Å². The summed E-state index contributed by atoms with van der Waals surface area (Å²) in [6.07, 6.45) is 6.26. The van der Waals surface area contributed by atoms with Gasteiger partial charge in [-0.05, 0) is 42.9 Å². The molecule has 1 aromatic rings. The zero-order valence-corrected chi connectivity index (χ0v) is 11.5. The van der Waals surface area contributed by atoms with Crippen LogP contribution in [0.15, 0.2) is 18.2 Å². The van der Waals surface area contributed by atoms with E-state index < -0.39 is 0 Å². The minimum Gasteiger partial charge on any atom is -0.330 e. The van der Waals surface area contributed by atoms with E-state index in [1.807, 2.05) is 12.1 Å². The highest BCUT2D eigenvalue weighted by Crippen LogP contribution is 2.40. The Hall–Kier alpha value is -0.240. The maximum atomic E-state index is 6.33. The number of hydrogen-bond donors (Lipinski definition) is 1. The Kier molecular flexibility index (Phi) is 4.72. The van der Waals surface area contributed by atoms with E-state index in [0.717, 1.165) is 11.6 Å². The Morgan fingerprint density at radius 2 is 1.88 bits per heavy atom. The number of rotatable bonds is 2. The number of nitrogens with two attached hydrogens (primary N) is 1. The van der Waals surface area contributed by atoms with Crippen LogP contribution >= 0.6 is 23.2 Å². The Morgan fingerprint density at radius 1 is 1.12 bits per heavy atom. The van der Waals surface area contributed by atoms with Crippen LogP contribution in [0.1, 0.15) is 43.6 Å². The average molecular weight is 272 g/mol. The Balaban J connectivity index is 2.31. The molecule has 1 aliphatic carbocycles. The third-order valence-electron chi connectivity index (χ3n) is 3.84. The van der Waals surface area contributed by atoms with E-state index in [2.05, 4.69) is 6.07 Å². The van der Waals surface area contributed by atoms with Gasteiger partial charge in [0.1, 0.15) is 0 Å². The zero-order chi connectivity index (χ0) is 12.3. The van der Waals surface area contributed by atoms with Crippen molar-refractivity contribution in [3.63, 3.8) is 0 Å². The van der Waals surface area contributed by atoms with Crippen molar-refractivity contribution >= 4 is 23.2 Å². The van der Waals surface area contributed by atoms with Crippen LogP contribution in [0.3, 0.4) is 0 Å². The lowest BCUT2D eigenvalue weighted by molar-refractivity contribution is 0.408. The first-order chi connectivity index (χ1) is 8.24. The van der Waals surface area contributed by atoms with E-state index in [1.54, 1.807) is 0 Å². The predicted molar refractivity (Wildman–Crippen MR) is 74.8 cm³/mol. The second-order valence-electron chi connectivity index (χ2n) is 4.88. The Morgan fingerprint density at radius 3 is 2.65 bits per heavy atom. The average Bonchev–Trinajstić information content (AvgIpc) is 2.57. The lowest BCUT2D eigenvalue weighted by Gasteiger charge is -2.25. The highest BCUT2D eigenvalue weighted by atomic mass is 35.5. The third kappa shape index (κ3) is 2.96. The molecule has 0 radical (unpaired) electrons. The monoisotopic (exact) mass is 271 g/mol. The minimum absolute atomic E-state index is 0.480. The lowest BCUT2D eigenvalue weighted by Crippen LogP contribution is -2.21. The van der Waals surface area contributed by atoms with Gasteiger partial charge in [0.2, 0.25) is 0 Å². The molecule has 1 aliphatic rings. The fraction of sp³-hybridized carbons (Fsp3) is 0.571. The maximum absolute atomic E-state index is 6.33. The van der Waals surface area contributed by atoms with Crippen LogP contribution in [0.25, 0.3) is 0 Å². The van der Waals surface area contributed by atoms with Crippen molar-refractivity contribution in [1.29, 1.82) is 0 Å². The van der Waals surface area contributed by atoms with E-state index in [1.165, 1.54) is 37.7 Å². The summed E-state index contributed by atoms with van der Waals surface area (Å²) in [5.74, 6) is 1.03. The van der Waals surface area contributed by atoms with Crippen LogP contribution in [0.5, 0.6) is 0 Å². The SMILES string of the molecule is NCC1CCCCCC1c1cccc(Cl)c1Cl. The van der Waals surface area contributed by atoms with Crippen molar-refractivity contribution < 1.29 is 0 Å². The molecule has 1 fully saturated rings. The summed E-state index contributed by atoms with van der Waals surface area (Å²) >= 11 is 12.4. The summed E-state index contributed by atoms with van der Waals surface area (Å²) in [5, 5.41) is 1.38. The van der Waals surface area contributed by atoms with Gasteiger partial charge < -0.3 is 5.73 Å². The van der Waals surface area contributed by atoms with Crippen LogP contribution in [0.2, 0.25) is 10.0 Å². The van der Waals surface area contributed by atoms with Crippen LogP contribution in [-0.4, -0.2) is 6.54 Å². The third-order valence-corrected chi connectivity index (χ3v) is 4.68. The van der Waals surface area contributed by atoms with Crippen molar-refractivity contribution in [1.82, 2.24) is 0 Å². The fourth-order valence-electron chi connectivity index (χ4n) is 2.88. The molecule has 0 saturated heterocycles. The molecular formula is C14H19Cl2N. The number of halogens is 2. The molecule has 0 heterocycles. The fourth-order valence-corrected chi connectivity index (χ4v) is 3.33. The van der Waals surface area contributed by atoms with Gasteiger partial charge in [0.05, 0.1) is 10.0 Å². The van der Waals surface area contributed by atoms with E-state index in [4.69, 9.17) is 28.9 Å².